The molecule has 0 aromatic heterocycles. The fourth-order valence-electron chi connectivity index (χ4n) is 2.42. The highest BCUT2D eigenvalue weighted by molar-refractivity contribution is 7.92. The van der Waals surface area contributed by atoms with Crippen LogP contribution in [0.4, 0.5) is 15.8 Å². The van der Waals surface area contributed by atoms with E-state index in [4.69, 9.17) is 0 Å². The van der Waals surface area contributed by atoms with Gasteiger partial charge in [0.1, 0.15) is 5.82 Å². The number of carbonyl (C=O) groups is 1. The van der Waals surface area contributed by atoms with E-state index < -0.39 is 15.8 Å². The van der Waals surface area contributed by atoms with Crippen LogP contribution in [0.2, 0.25) is 0 Å². The Morgan fingerprint density at radius 3 is 2.11 bits per heavy atom. The van der Waals surface area contributed by atoms with Crippen molar-refractivity contribution >= 4 is 27.2 Å². The largest absolute Gasteiger partial charge is 0.360 e. The summed E-state index contributed by atoms with van der Waals surface area (Å²) in [4.78, 5) is 12.2. The first-order chi connectivity index (χ1) is 13.5. The van der Waals surface area contributed by atoms with Gasteiger partial charge in [-0.3, -0.25) is 9.52 Å². The monoisotopic (exact) mass is 396 g/mol. The third-order valence-corrected chi connectivity index (χ3v) is 5.21. The molecule has 3 rings (SSSR count). The molecule has 7 heteroatoms. The van der Waals surface area contributed by atoms with Crippen molar-refractivity contribution in [3.63, 3.8) is 0 Å². The van der Waals surface area contributed by atoms with E-state index in [-0.39, 0.29) is 10.7 Å². The molecule has 0 unspecified atom stereocenters. The van der Waals surface area contributed by atoms with Crippen molar-refractivity contribution in [1.29, 1.82) is 0 Å². The molecule has 3 aromatic carbocycles. The van der Waals surface area contributed by atoms with Gasteiger partial charge in [0, 0.05) is 17.8 Å². The first-order valence-electron chi connectivity index (χ1n) is 8.35. The quantitative estimate of drug-likeness (QED) is 0.457. The van der Waals surface area contributed by atoms with Gasteiger partial charge in [-0.05, 0) is 48.5 Å². The number of carbonyl (C=O) groups excluding carboxylic acids is 1. The van der Waals surface area contributed by atoms with Gasteiger partial charge in [0.05, 0.1) is 16.3 Å². The van der Waals surface area contributed by atoms with Crippen molar-refractivity contribution in [3.05, 3.63) is 103 Å². The first kappa shape index (κ1) is 19.3. The molecule has 0 bridgehead atoms. The molecule has 142 valence electrons. The number of allylic oxidation sites excluding steroid dienone is 1. The second kappa shape index (κ2) is 8.49. The fourth-order valence-corrected chi connectivity index (χ4v) is 3.52. The minimum absolute atomic E-state index is 0.145. The number of nitrogens with one attached hydrogen (secondary N) is 2. The average molecular weight is 396 g/mol. The van der Waals surface area contributed by atoms with Crippen LogP contribution in [-0.2, 0) is 10.0 Å². The lowest BCUT2D eigenvalue weighted by atomic mass is 10.1. The summed E-state index contributed by atoms with van der Waals surface area (Å²) in [5, 5.41) is 2.90. The molecule has 0 saturated heterocycles. The number of hydrogen-bond acceptors (Lipinski definition) is 4. The Bertz CT molecular complexity index is 1100. The number of para-hydroxylation sites is 2. The lowest BCUT2D eigenvalue weighted by Crippen LogP contribution is -2.13. The van der Waals surface area contributed by atoms with E-state index in [1.165, 1.54) is 48.7 Å². The Morgan fingerprint density at radius 2 is 1.43 bits per heavy atom. The molecule has 0 radical (unpaired) electrons. The molecular formula is C21H17FN2O3S. The molecule has 0 aliphatic carbocycles. The molecule has 0 spiro atoms. The summed E-state index contributed by atoms with van der Waals surface area (Å²) >= 11 is 0. The highest BCUT2D eigenvalue weighted by Crippen LogP contribution is 2.24. The Morgan fingerprint density at radius 1 is 0.821 bits per heavy atom. The maximum Gasteiger partial charge on any atom is 0.261 e. The molecule has 0 fully saturated rings. The molecule has 0 amide bonds. The lowest BCUT2D eigenvalue weighted by Gasteiger charge is -2.12. The topological polar surface area (TPSA) is 75.3 Å². The predicted molar refractivity (Wildman–Crippen MR) is 107 cm³/mol. The summed E-state index contributed by atoms with van der Waals surface area (Å²) in [5.74, 6) is -0.729. The summed E-state index contributed by atoms with van der Waals surface area (Å²) in [5.41, 5.74) is 1.16. The molecule has 0 heterocycles. The van der Waals surface area contributed by atoms with E-state index in [0.29, 0.717) is 16.9 Å². The van der Waals surface area contributed by atoms with Crippen molar-refractivity contribution in [2.24, 2.45) is 0 Å². The van der Waals surface area contributed by atoms with E-state index in [0.717, 1.165) is 0 Å². The molecule has 28 heavy (non-hydrogen) atoms. The zero-order valence-corrected chi connectivity index (χ0v) is 15.5. The van der Waals surface area contributed by atoms with Crippen molar-refractivity contribution in [1.82, 2.24) is 0 Å². The molecule has 3 aromatic rings. The van der Waals surface area contributed by atoms with Crippen LogP contribution in [0.25, 0.3) is 0 Å². The number of sulfonamides is 1. The summed E-state index contributed by atoms with van der Waals surface area (Å²) < 4.78 is 40.5. The van der Waals surface area contributed by atoms with Gasteiger partial charge in [0.15, 0.2) is 5.78 Å². The van der Waals surface area contributed by atoms with Gasteiger partial charge in [0.25, 0.3) is 10.0 Å². The SMILES string of the molecule is O=C(C=CNc1ccccc1NS(=O)(=O)c1ccccc1)c1ccc(F)cc1. The number of ketones is 1. The number of rotatable bonds is 7. The Kier molecular flexibility index (Phi) is 5.86. The maximum absolute atomic E-state index is 12.9. The minimum Gasteiger partial charge on any atom is -0.360 e. The van der Waals surface area contributed by atoms with Gasteiger partial charge in [-0.15, -0.1) is 0 Å². The van der Waals surface area contributed by atoms with E-state index in [1.807, 2.05) is 0 Å². The van der Waals surface area contributed by atoms with Crippen LogP contribution >= 0.6 is 0 Å². The fraction of sp³-hybridized carbons (Fsp3) is 0. The number of anilines is 2. The predicted octanol–water partition coefficient (Wildman–Crippen LogP) is 4.44. The Labute approximate surface area is 162 Å². The van der Waals surface area contributed by atoms with Crippen LogP contribution in [0.5, 0.6) is 0 Å². The van der Waals surface area contributed by atoms with Crippen molar-refractivity contribution in [2.45, 2.75) is 4.90 Å². The lowest BCUT2D eigenvalue weighted by molar-refractivity contribution is 0.104. The van der Waals surface area contributed by atoms with Crippen LogP contribution < -0.4 is 10.0 Å². The molecule has 0 aliphatic rings. The molecule has 0 aliphatic heterocycles. The van der Waals surface area contributed by atoms with Gasteiger partial charge < -0.3 is 5.32 Å². The van der Waals surface area contributed by atoms with Gasteiger partial charge >= 0.3 is 0 Å². The van der Waals surface area contributed by atoms with Crippen LogP contribution in [0.3, 0.4) is 0 Å². The van der Waals surface area contributed by atoms with Gasteiger partial charge in [-0.2, -0.15) is 0 Å². The van der Waals surface area contributed by atoms with Crippen LogP contribution in [0, 0.1) is 5.82 Å². The molecule has 5 nitrogen and oxygen atoms in total. The summed E-state index contributed by atoms with van der Waals surface area (Å²) in [7, 11) is -3.74. The third kappa shape index (κ3) is 4.83. The van der Waals surface area contributed by atoms with Crippen LogP contribution in [0.1, 0.15) is 10.4 Å². The molecule has 0 saturated carbocycles. The first-order valence-corrected chi connectivity index (χ1v) is 9.84. The van der Waals surface area contributed by atoms with E-state index in [2.05, 4.69) is 10.0 Å². The van der Waals surface area contributed by atoms with E-state index in [1.54, 1.807) is 42.5 Å². The smallest absolute Gasteiger partial charge is 0.261 e. The van der Waals surface area contributed by atoms with Crippen molar-refractivity contribution in [2.75, 3.05) is 10.0 Å². The molecule has 0 atom stereocenters. The summed E-state index contributed by atoms with van der Waals surface area (Å²) in [6.07, 6.45) is 2.69. The highest BCUT2D eigenvalue weighted by Gasteiger charge is 2.15. The summed E-state index contributed by atoms with van der Waals surface area (Å²) in [6, 6.07) is 19.9. The number of benzene rings is 3. The van der Waals surface area contributed by atoms with Crippen LogP contribution in [0.15, 0.2) is 96.0 Å². The number of halogens is 1. The van der Waals surface area contributed by atoms with Crippen molar-refractivity contribution < 1.29 is 17.6 Å². The van der Waals surface area contributed by atoms with E-state index >= 15 is 0 Å². The van der Waals surface area contributed by atoms with Crippen molar-refractivity contribution in [3.8, 4) is 0 Å². The Hall–Kier alpha value is -3.45. The summed E-state index contributed by atoms with van der Waals surface area (Å²) in [6.45, 7) is 0. The normalized spacial score (nSPS) is 11.3. The zero-order valence-electron chi connectivity index (χ0n) is 14.7. The molecular weight excluding hydrogens is 379 g/mol. The minimum atomic E-state index is -3.74. The molecule has 2 N–H and O–H groups in total. The highest BCUT2D eigenvalue weighted by atomic mass is 32.2. The second-order valence-electron chi connectivity index (χ2n) is 5.81. The zero-order chi connectivity index (χ0) is 20.0. The van der Waals surface area contributed by atoms with Crippen LogP contribution in [-0.4, -0.2) is 14.2 Å². The number of hydrogen-bond donors (Lipinski definition) is 2. The van der Waals surface area contributed by atoms with Gasteiger partial charge in [-0.25, -0.2) is 12.8 Å². The standard InChI is InChI=1S/C21H17FN2O3S/c22-17-12-10-16(11-13-17)21(25)14-15-23-19-8-4-5-9-20(19)24-28(26,27)18-6-2-1-3-7-18/h1-15,23-24H. The average Bonchev–Trinajstić information content (AvgIpc) is 2.70. The van der Waals surface area contributed by atoms with Gasteiger partial charge in [-0.1, -0.05) is 30.3 Å². The third-order valence-electron chi connectivity index (χ3n) is 3.83. The second-order valence-corrected chi connectivity index (χ2v) is 7.50. The maximum atomic E-state index is 12.9. The van der Waals surface area contributed by atoms with E-state index in [9.17, 15) is 17.6 Å². The van der Waals surface area contributed by atoms with Gasteiger partial charge in [0.2, 0.25) is 0 Å². The Balaban J connectivity index is 1.74.